The SMILES string of the molecule is COCC(=O)N1CCC[C@@H](CCc2ccnc(Nc3cnccn3)c2)C1. The lowest BCUT2D eigenvalue weighted by Gasteiger charge is -2.32. The summed E-state index contributed by atoms with van der Waals surface area (Å²) in [5.74, 6) is 2.07. The number of hydrogen-bond acceptors (Lipinski definition) is 6. The maximum atomic E-state index is 12.0. The molecule has 1 aliphatic heterocycles. The highest BCUT2D eigenvalue weighted by Gasteiger charge is 2.23. The molecule has 0 radical (unpaired) electrons. The third-order valence-corrected chi connectivity index (χ3v) is 4.62. The summed E-state index contributed by atoms with van der Waals surface area (Å²) in [5.41, 5.74) is 1.23. The molecule has 1 aliphatic rings. The van der Waals surface area contributed by atoms with Gasteiger partial charge in [0.15, 0.2) is 0 Å². The summed E-state index contributed by atoms with van der Waals surface area (Å²) < 4.78 is 4.97. The van der Waals surface area contributed by atoms with Crippen LogP contribution in [-0.2, 0) is 16.0 Å². The van der Waals surface area contributed by atoms with Crippen LogP contribution in [0.2, 0.25) is 0 Å². The molecule has 0 spiro atoms. The number of anilines is 2. The minimum absolute atomic E-state index is 0.0940. The molecule has 0 bridgehead atoms. The van der Waals surface area contributed by atoms with E-state index in [4.69, 9.17) is 4.74 Å². The summed E-state index contributed by atoms with van der Waals surface area (Å²) in [4.78, 5) is 26.5. The second-order valence-corrected chi connectivity index (χ2v) is 6.58. The molecule has 0 aliphatic carbocycles. The van der Waals surface area contributed by atoms with E-state index in [1.165, 1.54) is 12.0 Å². The Bertz CT molecular complexity index is 710. The fraction of sp³-hybridized carbons (Fsp3) is 0.474. The van der Waals surface area contributed by atoms with Crippen molar-refractivity contribution in [3.05, 3.63) is 42.5 Å². The van der Waals surface area contributed by atoms with E-state index in [2.05, 4.69) is 20.3 Å². The maximum absolute atomic E-state index is 12.0. The zero-order valence-corrected chi connectivity index (χ0v) is 15.1. The lowest BCUT2D eigenvalue weighted by molar-refractivity contribution is -0.137. The molecule has 7 heteroatoms. The number of piperidine rings is 1. The molecule has 0 saturated carbocycles. The predicted molar refractivity (Wildman–Crippen MR) is 99.1 cm³/mol. The molecular formula is C19H25N5O2. The summed E-state index contributed by atoms with van der Waals surface area (Å²) in [5, 5.41) is 3.17. The first-order valence-corrected chi connectivity index (χ1v) is 8.99. The van der Waals surface area contributed by atoms with Crippen LogP contribution in [-0.4, -0.2) is 52.6 Å². The minimum Gasteiger partial charge on any atom is -0.375 e. The van der Waals surface area contributed by atoms with Gasteiger partial charge in [0.05, 0.1) is 6.20 Å². The average molecular weight is 355 g/mol. The molecule has 26 heavy (non-hydrogen) atoms. The number of amides is 1. The average Bonchev–Trinajstić information content (AvgIpc) is 2.68. The van der Waals surface area contributed by atoms with Crippen molar-refractivity contribution >= 4 is 17.5 Å². The minimum atomic E-state index is 0.0940. The molecule has 138 valence electrons. The van der Waals surface area contributed by atoms with Crippen molar-refractivity contribution in [1.82, 2.24) is 19.9 Å². The highest BCUT2D eigenvalue weighted by Crippen LogP contribution is 2.22. The molecule has 1 fully saturated rings. The van der Waals surface area contributed by atoms with Crippen LogP contribution in [0, 0.1) is 5.92 Å². The number of nitrogens with one attached hydrogen (secondary N) is 1. The van der Waals surface area contributed by atoms with Crippen molar-refractivity contribution in [2.24, 2.45) is 5.92 Å². The van der Waals surface area contributed by atoms with Gasteiger partial charge >= 0.3 is 0 Å². The molecule has 1 N–H and O–H groups in total. The summed E-state index contributed by atoms with van der Waals surface area (Å²) in [6.07, 6.45) is 11.0. The van der Waals surface area contributed by atoms with Gasteiger partial charge in [0, 0.05) is 38.8 Å². The number of ether oxygens (including phenoxy) is 1. The lowest BCUT2D eigenvalue weighted by Crippen LogP contribution is -2.41. The molecule has 2 aromatic rings. The van der Waals surface area contributed by atoms with Crippen molar-refractivity contribution in [2.45, 2.75) is 25.7 Å². The van der Waals surface area contributed by atoms with Gasteiger partial charge in [-0.3, -0.25) is 9.78 Å². The largest absolute Gasteiger partial charge is 0.375 e. The molecule has 3 heterocycles. The Labute approximate surface area is 153 Å². The predicted octanol–water partition coefficient (Wildman–Crippen LogP) is 2.43. The second-order valence-electron chi connectivity index (χ2n) is 6.58. The van der Waals surface area contributed by atoms with E-state index < -0.39 is 0 Å². The van der Waals surface area contributed by atoms with E-state index in [1.807, 2.05) is 23.2 Å². The van der Waals surface area contributed by atoms with Crippen LogP contribution in [0.3, 0.4) is 0 Å². The first-order chi connectivity index (χ1) is 12.7. The van der Waals surface area contributed by atoms with Gasteiger partial charge < -0.3 is 15.0 Å². The number of pyridine rings is 1. The number of aryl methyl sites for hydroxylation is 1. The van der Waals surface area contributed by atoms with E-state index >= 15 is 0 Å². The first-order valence-electron chi connectivity index (χ1n) is 8.99. The Morgan fingerprint density at radius 3 is 3.00 bits per heavy atom. The van der Waals surface area contributed by atoms with Crippen LogP contribution in [0.4, 0.5) is 11.6 Å². The molecule has 3 rings (SSSR count). The number of rotatable bonds is 7. The van der Waals surface area contributed by atoms with Gasteiger partial charge in [-0.1, -0.05) is 0 Å². The van der Waals surface area contributed by atoms with E-state index in [0.717, 1.165) is 38.2 Å². The van der Waals surface area contributed by atoms with Crippen LogP contribution in [0.1, 0.15) is 24.8 Å². The molecule has 0 aromatic carbocycles. The lowest BCUT2D eigenvalue weighted by atomic mass is 9.92. The van der Waals surface area contributed by atoms with Gasteiger partial charge in [-0.25, -0.2) is 9.97 Å². The van der Waals surface area contributed by atoms with Gasteiger partial charge in [-0.05, 0) is 49.3 Å². The highest BCUT2D eigenvalue weighted by atomic mass is 16.5. The number of methoxy groups -OCH3 is 1. The Kier molecular flexibility index (Phi) is 6.49. The number of nitrogens with zero attached hydrogens (tertiary/aromatic N) is 4. The highest BCUT2D eigenvalue weighted by molar-refractivity contribution is 5.77. The topological polar surface area (TPSA) is 80.2 Å². The van der Waals surface area contributed by atoms with Gasteiger partial charge in [0.1, 0.15) is 18.2 Å². The summed E-state index contributed by atoms with van der Waals surface area (Å²) in [6.45, 7) is 1.85. The third kappa shape index (κ3) is 5.23. The van der Waals surface area contributed by atoms with Crippen LogP contribution in [0.15, 0.2) is 36.9 Å². The number of likely N-dealkylation sites (tertiary alicyclic amines) is 1. The number of carbonyl (C=O) groups excluding carboxylic acids is 1. The van der Waals surface area contributed by atoms with Crippen molar-refractivity contribution in [3.8, 4) is 0 Å². The zero-order valence-electron chi connectivity index (χ0n) is 15.1. The van der Waals surface area contributed by atoms with E-state index in [1.54, 1.807) is 25.7 Å². The Hall–Kier alpha value is -2.54. The van der Waals surface area contributed by atoms with Gasteiger partial charge in [0.2, 0.25) is 5.91 Å². The fourth-order valence-corrected chi connectivity index (χ4v) is 3.31. The standard InChI is InChI=1S/C19H25N5O2/c1-26-14-19(25)24-10-2-3-16(13-24)5-4-15-6-7-21-17(11-15)23-18-12-20-8-9-22-18/h6-9,11-12,16H,2-5,10,13-14H2,1H3,(H,21,22,23)/t16-/m0/s1. The van der Waals surface area contributed by atoms with E-state index in [9.17, 15) is 4.79 Å². The fourth-order valence-electron chi connectivity index (χ4n) is 3.31. The van der Waals surface area contributed by atoms with Gasteiger partial charge in [-0.15, -0.1) is 0 Å². The summed E-state index contributed by atoms with van der Waals surface area (Å²) in [6, 6.07) is 4.09. The number of hydrogen-bond donors (Lipinski definition) is 1. The van der Waals surface area contributed by atoms with Crippen LogP contribution < -0.4 is 5.32 Å². The first kappa shape index (κ1) is 18.3. The van der Waals surface area contributed by atoms with Gasteiger partial charge in [0.25, 0.3) is 0 Å². The Morgan fingerprint density at radius 1 is 1.31 bits per heavy atom. The second kappa shape index (κ2) is 9.24. The molecule has 1 amide bonds. The van der Waals surface area contributed by atoms with Crippen molar-refractivity contribution in [1.29, 1.82) is 0 Å². The quantitative estimate of drug-likeness (QED) is 0.822. The maximum Gasteiger partial charge on any atom is 0.248 e. The number of aromatic nitrogens is 3. The van der Waals surface area contributed by atoms with Crippen molar-refractivity contribution in [3.63, 3.8) is 0 Å². The zero-order chi connectivity index (χ0) is 18.2. The third-order valence-electron chi connectivity index (χ3n) is 4.62. The molecule has 1 saturated heterocycles. The molecule has 2 aromatic heterocycles. The van der Waals surface area contributed by atoms with Crippen LogP contribution >= 0.6 is 0 Å². The smallest absolute Gasteiger partial charge is 0.248 e. The Balaban J connectivity index is 1.53. The van der Waals surface area contributed by atoms with Crippen LogP contribution in [0.25, 0.3) is 0 Å². The number of carbonyl (C=O) groups is 1. The summed E-state index contributed by atoms with van der Waals surface area (Å²) in [7, 11) is 1.56. The van der Waals surface area contributed by atoms with Gasteiger partial charge in [-0.2, -0.15) is 0 Å². The van der Waals surface area contributed by atoms with Crippen molar-refractivity contribution in [2.75, 3.05) is 32.1 Å². The molecular weight excluding hydrogens is 330 g/mol. The van der Waals surface area contributed by atoms with Crippen LogP contribution in [0.5, 0.6) is 0 Å². The van der Waals surface area contributed by atoms with E-state index in [-0.39, 0.29) is 12.5 Å². The van der Waals surface area contributed by atoms with E-state index in [0.29, 0.717) is 11.7 Å². The monoisotopic (exact) mass is 355 g/mol. The normalized spacial score (nSPS) is 17.1. The van der Waals surface area contributed by atoms with Crippen molar-refractivity contribution < 1.29 is 9.53 Å². The Morgan fingerprint density at radius 2 is 2.19 bits per heavy atom. The molecule has 1 atom stereocenters. The molecule has 0 unspecified atom stereocenters. The summed E-state index contributed by atoms with van der Waals surface area (Å²) >= 11 is 0. The molecule has 7 nitrogen and oxygen atoms in total.